The van der Waals surface area contributed by atoms with E-state index >= 15 is 0 Å². The van der Waals surface area contributed by atoms with Gasteiger partial charge in [0.1, 0.15) is 5.60 Å². The average molecular weight is 206 g/mol. The number of nitrogens with zero attached hydrogens (tertiary/aromatic N) is 1. The molecular weight excluding hydrogens is 188 g/mol. The zero-order valence-corrected chi connectivity index (χ0v) is 8.89. The molecule has 82 valence electrons. The third-order valence-electron chi connectivity index (χ3n) is 2.98. The van der Waals surface area contributed by atoms with E-state index in [0.29, 0.717) is 6.54 Å². The Hall–Kier alpha value is -0.900. The highest BCUT2D eigenvalue weighted by atomic mass is 16.3. The van der Waals surface area contributed by atoms with Crippen molar-refractivity contribution in [3.05, 3.63) is 35.9 Å². The molecule has 1 aliphatic heterocycles. The van der Waals surface area contributed by atoms with E-state index in [2.05, 4.69) is 29.2 Å². The summed E-state index contributed by atoms with van der Waals surface area (Å²) in [4.78, 5) is 2.24. The van der Waals surface area contributed by atoms with Gasteiger partial charge in [0, 0.05) is 26.2 Å². The predicted octanol–water partition coefficient (Wildman–Crippen LogP) is 0.235. The van der Waals surface area contributed by atoms with Gasteiger partial charge in [0.2, 0.25) is 0 Å². The highest BCUT2D eigenvalue weighted by molar-refractivity contribution is 5.15. The lowest BCUT2D eigenvalue weighted by Crippen LogP contribution is -2.65. The van der Waals surface area contributed by atoms with Gasteiger partial charge in [-0.2, -0.15) is 0 Å². The van der Waals surface area contributed by atoms with Gasteiger partial charge in [-0.3, -0.25) is 4.90 Å². The fourth-order valence-electron chi connectivity index (χ4n) is 2.01. The van der Waals surface area contributed by atoms with E-state index in [0.717, 1.165) is 26.1 Å². The van der Waals surface area contributed by atoms with Gasteiger partial charge in [-0.05, 0) is 12.0 Å². The fourth-order valence-corrected chi connectivity index (χ4v) is 2.01. The summed E-state index contributed by atoms with van der Waals surface area (Å²) < 4.78 is 0. The molecule has 15 heavy (non-hydrogen) atoms. The number of rotatable bonds is 4. The van der Waals surface area contributed by atoms with Gasteiger partial charge >= 0.3 is 0 Å². The van der Waals surface area contributed by atoms with Gasteiger partial charge < -0.3 is 10.8 Å². The summed E-state index contributed by atoms with van der Waals surface area (Å²) in [5.41, 5.74) is 6.19. The van der Waals surface area contributed by atoms with Crippen LogP contribution in [0.4, 0.5) is 0 Å². The van der Waals surface area contributed by atoms with Crippen LogP contribution in [-0.2, 0) is 6.42 Å². The summed E-state index contributed by atoms with van der Waals surface area (Å²) in [6, 6.07) is 10.4. The van der Waals surface area contributed by atoms with Crippen LogP contribution >= 0.6 is 0 Å². The first-order chi connectivity index (χ1) is 7.22. The molecule has 3 heteroatoms. The van der Waals surface area contributed by atoms with Crippen molar-refractivity contribution in [1.29, 1.82) is 0 Å². The lowest BCUT2D eigenvalue weighted by atomic mass is 9.94. The molecule has 0 amide bonds. The molecule has 3 nitrogen and oxygen atoms in total. The first-order valence-electron chi connectivity index (χ1n) is 5.41. The molecule has 3 N–H and O–H groups in total. The number of aliphatic hydroxyl groups is 1. The van der Waals surface area contributed by atoms with Crippen molar-refractivity contribution in [3.63, 3.8) is 0 Å². The molecule has 1 saturated heterocycles. The lowest BCUT2D eigenvalue weighted by molar-refractivity contribution is -0.0891. The van der Waals surface area contributed by atoms with Crippen molar-refractivity contribution in [3.8, 4) is 0 Å². The van der Waals surface area contributed by atoms with Crippen molar-refractivity contribution in [2.75, 3.05) is 26.2 Å². The Morgan fingerprint density at radius 1 is 1.27 bits per heavy atom. The zero-order chi connectivity index (χ0) is 10.7. The Morgan fingerprint density at radius 3 is 2.53 bits per heavy atom. The molecule has 1 heterocycles. The Kier molecular flexibility index (Phi) is 3.05. The van der Waals surface area contributed by atoms with E-state index in [9.17, 15) is 5.11 Å². The number of likely N-dealkylation sites (tertiary alicyclic amines) is 1. The number of hydrogen-bond acceptors (Lipinski definition) is 3. The van der Waals surface area contributed by atoms with E-state index in [4.69, 9.17) is 5.73 Å². The topological polar surface area (TPSA) is 49.5 Å². The van der Waals surface area contributed by atoms with Crippen LogP contribution in [-0.4, -0.2) is 41.8 Å². The summed E-state index contributed by atoms with van der Waals surface area (Å²) in [5, 5.41) is 9.72. The van der Waals surface area contributed by atoms with E-state index in [1.807, 2.05) is 6.07 Å². The zero-order valence-electron chi connectivity index (χ0n) is 8.89. The van der Waals surface area contributed by atoms with Gasteiger partial charge in [0.25, 0.3) is 0 Å². The summed E-state index contributed by atoms with van der Waals surface area (Å²) >= 11 is 0. The molecule has 0 aliphatic carbocycles. The largest absolute Gasteiger partial charge is 0.386 e. The van der Waals surface area contributed by atoms with Gasteiger partial charge in [0.15, 0.2) is 0 Å². The molecule has 0 radical (unpaired) electrons. The van der Waals surface area contributed by atoms with Crippen molar-refractivity contribution < 1.29 is 5.11 Å². The molecular formula is C12H18N2O. The maximum absolute atomic E-state index is 9.72. The van der Waals surface area contributed by atoms with Crippen LogP contribution in [0.5, 0.6) is 0 Å². The maximum atomic E-state index is 9.72. The molecule has 0 unspecified atom stereocenters. The van der Waals surface area contributed by atoms with E-state index in [-0.39, 0.29) is 0 Å². The van der Waals surface area contributed by atoms with Crippen LogP contribution in [0.3, 0.4) is 0 Å². The third kappa shape index (κ3) is 2.56. The number of β-amino-alcohol motifs (C(OH)–C–C–N with tert-alkyl or cyclic N) is 1. The minimum Gasteiger partial charge on any atom is -0.386 e. The molecule has 2 rings (SSSR count). The highest BCUT2D eigenvalue weighted by Crippen LogP contribution is 2.19. The second kappa shape index (κ2) is 4.31. The molecule has 0 aromatic heterocycles. The van der Waals surface area contributed by atoms with E-state index in [1.165, 1.54) is 5.56 Å². The first kappa shape index (κ1) is 10.6. The summed E-state index contributed by atoms with van der Waals surface area (Å²) in [7, 11) is 0. The normalized spacial score (nSPS) is 19.9. The van der Waals surface area contributed by atoms with E-state index in [1.54, 1.807) is 0 Å². The molecule has 0 bridgehead atoms. The van der Waals surface area contributed by atoms with Crippen molar-refractivity contribution in [2.45, 2.75) is 12.0 Å². The van der Waals surface area contributed by atoms with Crippen LogP contribution in [0.1, 0.15) is 5.56 Å². The Morgan fingerprint density at radius 2 is 1.93 bits per heavy atom. The molecule has 1 aliphatic rings. The maximum Gasteiger partial charge on any atom is 0.102 e. The second-order valence-corrected chi connectivity index (χ2v) is 4.37. The standard InChI is InChI=1S/C12H18N2O/c13-8-12(15)9-14(10-12)7-6-11-4-2-1-3-5-11/h1-5,15H,6-10,13H2. The number of benzene rings is 1. The van der Waals surface area contributed by atoms with Gasteiger partial charge in [-0.25, -0.2) is 0 Å². The quantitative estimate of drug-likeness (QED) is 0.741. The SMILES string of the molecule is NCC1(O)CN(CCc2ccccc2)C1. The third-order valence-corrected chi connectivity index (χ3v) is 2.98. The fraction of sp³-hybridized carbons (Fsp3) is 0.500. The molecule has 0 saturated carbocycles. The van der Waals surface area contributed by atoms with Crippen LogP contribution < -0.4 is 5.73 Å². The molecule has 0 spiro atoms. The first-order valence-corrected chi connectivity index (χ1v) is 5.41. The molecule has 1 aromatic carbocycles. The van der Waals surface area contributed by atoms with Crippen LogP contribution in [0.25, 0.3) is 0 Å². The Balaban J connectivity index is 1.73. The summed E-state index contributed by atoms with van der Waals surface area (Å²) in [5.74, 6) is 0. The highest BCUT2D eigenvalue weighted by Gasteiger charge is 2.39. The molecule has 1 aromatic rings. The monoisotopic (exact) mass is 206 g/mol. The van der Waals surface area contributed by atoms with Gasteiger partial charge in [-0.1, -0.05) is 30.3 Å². The summed E-state index contributed by atoms with van der Waals surface area (Å²) in [6.45, 7) is 2.81. The van der Waals surface area contributed by atoms with Gasteiger partial charge in [-0.15, -0.1) is 0 Å². The molecule has 1 fully saturated rings. The van der Waals surface area contributed by atoms with Crippen molar-refractivity contribution in [1.82, 2.24) is 4.90 Å². The van der Waals surface area contributed by atoms with Crippen molar-refractivity contribution >= 4 is 0 Å². The average Bonchev–Trinajstić information content (AvgIpc) is 2.24. The Labute approximate surface area is 90.5 Å². The lowest BCUT2D eigenvalue weighted by Gasteiger charge is -2.46. The van der Waals surface area contributed by atoms with Crippen LogP contribution in [0.15, 0.2) is 30.3 Å². The van der Waals surface area contributed by atoms with Gasteiger partial charge in [0.05, 0.1) is 0 Å². The van der Waals surface area contributed by atoms with Crippen LogP contribution in [0, 0.1) is 0 Å². The van der Waals surface area contributed by atoms with Crippen LogP contribution in [0.2, 0.25) is 0 Å². The Bertz CT molecular complexity index is 307. The second-order valence-electron chi connectivity index (χ2n) is 4.37. The minimum absolute atomic E-state index is 0.370. The van der Waals surface area contributed by atoms with Crippen molar-refractivity contribution in [2.24, 2.45) is 5.73 Å². The number of hydrogen-bond donors (Lipinski definition) is 2. The predicted molar refractivity (Wildman–Crippen MR) is 60.6 cm³/mol. The summed E-state index contributed by atoms with van der Waals surface area (Å²) in [6.07, 6.45) is 1.04. The molecule has 0 atom stereocenters. The van der Waals surface area contributed by atoms with E-state index < -0.39 is 5.60 Å². The minimum atomic E-state index is -0.614. The number of nitrogens with two attached hydrogens (primary N) is 1. The smallest absolute Gasteiger partial charge is 0.102 e.